The lowest BCUT2D eigenvalue weighted by Gasteiger charge is -2.28. The average molecular weight is 357 g/mol. The van der Waals surface area contributed by atoms with Gasteiger partial charge < -0.3 is 14.7 Å². The highest BCUT2D eigenvalue weighted by molar-refractivity contribution is 5.95. The Morgan fingerprint density at radius 2 is 1.92 bits per heavy atom. The number of rotatable bonds is 8. The van der Waals surface area contributed by atoms with E-state index in [4.69, 9.17) is 4.52 Å². The molecule has 2 rings (SSSR count). The van der Waals surface area contributed by atoms with Crippen molar-refractivity contribution in [1.29, 1.82) is 0 Å². The summed E-state index contributed by atoms with van der Waals surface area (Å²) in [6.07, 6.45) is 0.682. The van der Waals surface area contributed by atoms with Gasteiger partial charge in [0.1, 0.15) is 5.76 Å². The Morgan fingerprint density at radius 3 is 2.46 bits per heavy atom. The van der Waals surface area contributed by atoms with Crippen LogP contribution in [0.4, 0.5) is 5.82 Å². The monoisotopic (exact) mass is 357 g/mol. The van der Waals surface area contributed by atoms with Gasteiger partial charge in [-0.05, 0) is 24.8 Å². The normalized spacial score (nSPS) is 12.0. The summed E-state index contributed by atoms with van der Waals surface area (Å²) in [6.45, 7) is 8.31. The van der Waals surface area contributed by atoms with Crippen LogP contribution in [0.5, 0.6) is 0 Å². The summed E-state index contributed by atoms with van der Waals surface area (Å²) in [6, 6.07) is 11.3. The number of carbonyl (C=O) groups is 2. The molecule has 2 aromatic rings. The number of hydrogen-bond acceptors (Lipinski definition) is 4. The van der Waals surface area contributed by atoms with Crippen molar-refractivity contribution < 1.29 is 14.1 Å². The zero-order valence-corrected chi connectivity index (χ0v) is 15.9. The van der Waals surface area contributed by atoms with Crippen LogP contribution in [0.15, 0.2) is 40.9 Å². The van der Waals surface area contributed by atoms with E-state index in [0.717, 1.165) is 5.56 Å². The number of aryl methyl sites for hydroxylation is 1. The summed E-state index contributed by atoms with van der Waals surface area (Å²) in [7, 11) is 0. The fourth-order valence-corrected chi connectivity index (χ4v) is 2.91. The second-order valence-electron chi connectivity index (χ2n) is 6.86. The van der Waals surface area contributed by atoms with Gasteiger partial charge in [-0.1, -0.05) is 56.3 Å². The molecule has 140 valence electrons. The molecule has 0 bridgehead atoms. The largest absolute Gasteiger partial charge is 0.360 e. The third kappa shape index (κ3) is 5.44. The first-order valence-electron chi connectivity index (χ1n) is 8.97. The highest BCUT2D eigenvalue weighted by Crippen LogP contribution is 2.22. The Balaban J connectivity index is 2.11. The van der Waals surface area contributed by atoms with Crippen LogP contribution in [0.2, 0.25) is 0 Å². The standard InChI is InChI=1S/C20H27N3O3/c1-5-17(16-9-7-6-8-10-16)20(25)23(12-14(2)3)13-19(24)21-18-11-15(4)26-22-18/h6-11,14,17H,5,12-13H2,1-4H3,(H,21,22,24)/t17-/m0/s1. The Bertz CT molecular complexity index is 725. The van der Waals surface area contributed by atoms with Gasteiger partial charge in [0.15, 0.2) is 5.82 Å². The molecule has 1 N–H and O–H groups in total. The van der Waals surface area contributed by atoms with E-state index >= 15 is 0 Å². The lowest BCUT2D eigenvalue weighted by Crippen LogP contribution is -2.42. The van der Waals surface area contributed by atoms with Crippen LogP contribution >= 0.6 is 0 Å². The van der Waals surface area contributed by atoms with Crippen LogP contribution in [0.25, 0.3) is 0 Å². The fraction of sp³-hybridized carbons (Fsp3) is 0.450. The van der Waals surface area contributed by atoms with E-state index in [1.54, 1.807) is 17.9 Å². The number of carbonyl (C=O) groups excluding carboxylic acids is 2. The SMILES string of the molecule is CC[C@H](C(=O)N(CC(=O)Nc1cc(C)on1)CC(C)C)c1ccccc1. The van der Waals surface area contributed by atoms with E-state index in [1.165, 1.54) is 0 Å². The van der Waals surface area contributed by atoms with Crippen molar-refractivity contribution in [2.75, 3.05) is 18.4 Å². The van der Waals surface area contributed by atoms with Crippen molar-refractivity contribution >= 4 is 17.6 Å². The maximum atomic E-state index is 13.1. The third-order valence-electron chi connectivity index (χ3n) is 4.04. The van der Waals surface area contributed by atoms with Crippen LogP contribution in [0.1, 0.15) is 44.4 Å². The first-order chi connectivity index (χ1) is 12.4. The molecule has 0 aliphatic carbocycles. The minimum atomic E-state index is -0.282. The topological polar surface area (TPSA) is 75.4 Å². The summed E-state index contributed by atoms with van der Waals surface area (Å²) in [5.74, 6) is 0.672. The van der Waals surface area contributed by atoms with E-state index in [9.17, 15) is 9.59 Å². The van der Waals surface area contributed by atoms with Crippen LogP contribution in [0.3, 0.4) is 0 Å². The molecule has 2 amide bonds. The average Bonchev–Trinajstić information content (AvgIpc) is 3.00. The molecule has 6 nitrogen and oxygen atoms in total. The molecule has 0 spiro atoms. The Kier molecular flexibility index (Phi) is 6.95. The van der Waals surface area contributed by atoms with Crippen LogP contribution in [0, 0.1) is 12.8 Å². The molecule has 0 fully saturated rings. The maximum Gasteiger partial charge on any atom is 0.245 e. The van der Waals surface area contributed by atoms with Gasteiger partial charge in [-0.15, -0.1) is 0 Å². The van der Waals surface area contributed by atoms with E-state index in [1.807, 2.05) is 51.1 Å². The molecule has 1 aromatic heterocycles. The number of anilines is 1. The summed E-state index contributed by atoms with van der Waals surface area (Å²) in [5.41, 5.74) is 0.973. The highest BCUT2D eigenvalue weighted by Gasteiger charge is 2.26. The molecule has 6 heteroatoms. The number of hydrogen-bond donors (Lipinski definition) is 1. The summed E-state index contributed by atoms with van der Waals surface area (Å²) in [5, 5.41) is 6.44. The van der Waals surface area contributed by atoms with Gasteiger partial charge in [0.05, 0.1) is 12.5 Å². The highest BCUT2D eigenvalue weighted by atomic mass is 16.5. The Hall–Kier alpha value is -2.63. The molecule has 1 atom stereocenters. The molecule has 0 unspecified atom stereocenters. The van der Waals surface area contributed by atoms with Crippen molar-refractivity contribution in [2.24, 2.45) is 5.92 Å². The smallest absolute Gasteiger partial charge is 0.245 e. The van der Waals surface area contributed by atoms with E-state index in [0.29, 0.717) is 24.5 Å². The Morgan fingerprint density at radius 1 is 1.23 bits per heavy atom. The molecule has 26 heavy (non-hydrogen) atoms. The fourth-order valence-electron chi connectivity index (χ4n) is 2.91. The van der Waals surface area contributed by atoms with Gasteiger partial charge in [-0.3, -0.25) is 9.59 Å². The molecule has 0 aliphatic rings. The number of nitrogens with zero attached hydrogens (tertiary/aromatic N) is 2. The minimum Gasteiger partial charge on any atom is -0.360 e. The lowest BCUT2D eigenvalue weighted by atomic mass is 9.94. The summed E-state index contributed by atoms with van der Waals surface area (Å²) < 4.78 is 4.95. The van der Waals surface area contributed by atoms with Crippen LogP contribution < -0.4 is 5.32 Å². The minimum absolute atomic E-state index is 0.00768. The number of benzene rings is 1. The number of amides is 2. The van der Waals surface area contributed by atoms with E-state index in [2.05, 4.69) is 10.5 Å². The van der Waals surface area contributed by atoms with Crippen molar-refractivity contribution in [3.8, 4) is 0 Å². The van der Waals surface area contributed by atoms with E-state index in [-0.39, 0.29) is 30.2 Å². The lowest BCUT2D eigenvalue weighted by molar-refractivity contribution is -0.136. The van der Waals surface area contributed by atoms with Gasteiger partial charge >= 0.3 is 0 Å². The second-order valence-corrected chi connectivity index (χ2v) is 6.86. The predicted molar refractivity (Wildman–Crippen MR) is 101 cm³/mol. The Labute approximate surface area is 154 Å². The van der Waals surface area contributed by atoms with Crippen LogP contribution in [-0.4, -0.2) is 35.0 Å². The van der Waals surface area contributed by atoms with Crippen molar-refractivity contribution in [2.45, 2.75) is 40.0 Å². The first-order valence-corrected chi connectivity index (χ1v) is 8.97. The third-order valence-corrected chi connectivity index (χ3v) is 4.04. The molecule has 0 saturated heterocycles. The second kappa shape index (κ2) is 9.17. The van der Waals surface area contributed by atoms with Crippen molar-refractivity contribution in [3.05, 3.63) is 47.7 Å². The first kappa shape index (κ1) is 19.7. The van der Waals surface area contributed by atoms with Gasteiger partial charge in [-0.2, -0.15) is 0 Å². The molecular formula is C20H27N3O3. The predicted octanol–water partition coefficient (Wildman–Crippen LogP) is 3.60. The molecule has 0 aliphatic heterocycles. The summed E-state index contributed by atoms with van der Waals surface area (Å²) >= 11 is 0. The zero-order valence-electron chi connectivity index (χ0n) is 15.9. The maximum absolute atomic E-state index is 13.1. The summed E-state index contributed by atoms with van der Waals surface area (Å²) in [4.78, 5) is 27.1. The molecule has 1 heterocycles. The van der Waals surface area contributed by atoms with Gasteiger partial charge in [0.25, 0.3) is 0 Å². The van der Waals surface area contributed by atoms with Gasteiger partial charge in [0.2, 0.25) is 11.8 Å². The van der Waals surface area contributed by atoms with Crippen LogP contribution in [-0.2, 0) is 9.59 Å². The van der Waals surface area contributed by atoms with Crippen molar-refractivity contribution in [1.82, 2.24) is 10.1 Å². The quantitative estimate of drug-likeness (QED) is 0.783. The van der Waals surface area contributed by atoms with Gasteiger partial charge in [0, 0.05) is 12.6 Å². The van der Waals surface area contributed by atoms with Gasteiger partial charge in [-0.25, -0.2) is 0 Å². The molecular weight excluding hydrogens is 330 g/mol. The molecule has 0 saturated carbocycles. The van der Waals surface area contributed by atoms with Crippen molar-refractivity contribution in [3.63, 3.8) is 0 Å². The zero-order chi connectivity index (χ0) is 19.1. The number of nitrogens with one attached hydrogen (secondary N) is 1. The van der Waals surface area contributed by atoms with E-state index < -0.39 is 0 Å². The molecule has 1 aromatic carbocycles. The molecule has 0 radical (unpaired) electrons. The number of aromatic nitrogens is 1.